The quantitative estimate of drug-likeness (QED) is 0.565. The Morgan fingerprint density at radius 2 is 1.91 bits per heavy atom. The van der Waals surface area contributed by atoms with Gasteiger partial charge in [-0.25, -0.2) is 8.42 Å². The molecule has 172 valence electrons. The molecule has 3 N–H and O–H groups in total. The zero-order valence-corrected chi connectivity index (χ0v) is 19.2. The first-order valence-corrected chi connectivity index (χ1v) is 12.6. The van der Waals surface area contributed by atoms with Gasteiger partial charge in [-0.3, -0.25) is 9.52 Å². The molecule has 1 atom stereocenters. The predicted octanol–water partition coefficient (Wildman–Crippen LogP) is 2.46. The van der Waals surface area contributed by atoms with Gasteiger partial charge in [0.15, 0.2) is 0 Å². The number of carbonyl (C=O) groups excluding carboxylic acids is 1. The van der Waals surface area contributed by atoms with E-state index in [2.05, 4.69) is 20.3 Å². The summed E-state index contributed by atoms with van der Waals surface area (Å²) in [4.78, 5) is 14.9. The Morgan fingerprint density at radius 3 is 2.59 bits per heavy atom. The van der Waals surface area contributed by atoms with Crippen LogP contribution in [0.1, 0.15) is 23.2 Å². The molecule has 0 spiro atoms. The number of ether oxygens (including phenoxy) is 1. The predicted molar refractivity (Wildman–Crippen MR) is 125 cm³/mol. The first kappa shape index (κ1) is 22.8. The number of benzene rings is 2. The molecule has 0 radical (unpaired) electrons. The van der Waals surface area contributed by atoms with E-state index in [0.29, 0.717) is 22.8 Å². The Morgan fingerprint density at radius 1 is 1.16 bits per heavy atom. The molecule has 0 aromatic heterocycles. The molecule has 32 heavy (non-hydrogen) atoms. The standard InChI is InChI=1S/C22H27ClN4O4S/c23-17-4-6-19(7-5-17)32(29,30)26-20-14-16(22(28)25-15-18-2-1-13-31-18)3-8-21(20)27-11-9-24-10-12-27/h3-8,14,18,24,26H,1-2,9-13,15H2,(H,25,28). The highest BCUT2D eigenvalue weighted by Gasteiger charge is 2.22. The molecule has 10 heteroatoms. The van der Waals surface area contributed by atoms with Gasteiger partial charge in [0.1, 0.15) is 0 Å². The van der Waals surface area contributed by atoms with Gasteiger partial charge in [-0.05, 0) is 55.3 Å². The number of carbonyl (C=O) groups is 1. The van der Waals surface area contributed by atoms with Crippen LogP contribution in [0.4, 0.5) is 11.4 Å². The number of nitrogens with one attached hydrogen (secondary N) is 3. The maximum Gasteiger partial charge on any atom is 0.261 e. The van der Waals surface area contributed by atoms with E-state index < -0.39 is 10.0 Å². The first-order valence-electron chi connectivity index (χ1n) is 10.7. The number of halogens is 1. The lowest BCUT2D eigenvalue weighted by Crippen LogP contribution is -2.43. The molecule has 2 fully saturated rings. The third-order valence-electron chi connectivity index (χ3n) is 5.60. The molecule has 2 aliphatic heterocycles. The van der Waals surface area contributed by atoms with Crippen molar-refractivity contribution < 1.29 is 17.9 Å². The lowest BCUT2D eigenvalue weighted by Gasteiger charge is -2.31. The molecule has 2 aromatic rings. The van der Waals surface area contributed by atoms with Crippen molar-refractivity contribution in [1.82, 2.24) is 10.6 Å². The van der Waals surface area contributed by atoms with E-state index in [1.807, 2.05) is 0 Å². The monoisotopic (exact) mass is 478 g/mol. The minimum absolute atomic E-state index is 0.0296. The zero-order chi connectivity index (χ0) is 22.6. The third kappa shape index (κ3) is 5.53. The SMILES string of the molecule is O=C(NCC1CCCO1)c1ccc(N2CCNCC2)c(NS(=O)(=O)c2ccc(Cl)cc2)c1. The summed E-state index contributed by atoms with van der Waals surface area (Å²) in [5.74, 6) is -0.265. The molecule has 2 aromatic carbocycles. The van der Waals surface area contributed by atoms with E-state index in [9.17, 15) is 13.2 Å². The summed E-state index contributed by atoms with van der Waals surface area (Å²) in [6.45, 7) is 4.22. The molecule has 2 aliphatic rings. The maximum atomic E-state index is 13.0. The fraction of sp³-hybridized carbons (Fsp3) is 0.409. The second-order valence-corrected chi connectivity index (χ2v) is 9.99. The van der Waals surface area contributed by atoms with Crippen molar-refractivity contribution >= 4 is 38.9 Å². The highest BCUT2D eigenvalue weighted by Crippen LogP contribution is 2.30. The number of hydrogen-bond donors (Lipinski definition) is 3. The fourth-order valence-corrected chi connectivity index (χ4v) is 5.06. The molecule has 0 aliphatic carbocycles. The van der Waals surface area contributed by atoms with Crippen molar-refractivity contribution in [1.29, 1.82) is 0 Å². The summed E-state index contributed by atoms with van der Waals surface area (Å²) in [5, 5.41) is 6.63. The second kappa shape index (κ2) is 10.1. The number of hydrogen-bond acceptors (Lipinski definition) is 6. The fourth-order valence-electron chi connectivity index (χ4n) is 3.87. The van der Waals surface area contributed by atoms with Crippen molar-refractivity contribution in [2.45, 2.75) is 23.8 Å². The number of nitrogens with zero attached hydrogens (tertiary/aromatic N) is 1. The van der Waals surface area contributed by atoms with Gasteiger partial charge in [-0.2, -0.15) is 0 Å². The van der Waals surface area contributed by atoms with Crippen LogP contribution in [0.5, 0.6) is 0 Å². The lowest BCUT2D eigenvalue weighted by atomic mass is 10.1. The van der Waals surface area contributed by atoms with Crippen molar-refractivity contribution in [2.24, 2.45) is 0 Å². The number of rotatable bonds is 7. The zero-order valence-electron chi connectivity index (χ0n) is 17.6. The van der Waals surface area contributed by atoms with Crippen LogP contribution < -0.4 is 20.3 Å². The van der Waals surface area contributed by atoms with Gasteiger partial charge in [0.2, 0.25) is 0 Å². The van der Waals surface area contributed by atoms with Gasteiger partial charge >= 0.3 is 0 Å². The summed E-state index contributed by atoms with van der Waals surface area (Å²) < 4.78 is 34.3. The molecule has 1 unspecified atom stereocenters. The maximum absolute atomic E-state index is 13.0. The highest BCUT2D eigenvalue weighted by molar-refractivity contribution is 7.92. The molecule has 4 rings (SSSR count). The molecule has 1 amide bonds. The van der Waals surface area contributed by atoms with Crippen LogP contribution in [0.25, 0.3) is 0 Å². The van der Waals surface area contributed by atoms with E-state index in [0.717, 1.165) is 51.3 Å². The normalized spacial score (nSPS) is 19.0. The topological polar surface area (TPSA) is 99.8 Å². The average Bonchev–Trinajstić information content (AvgIpc) is 3.32. The second-order valence-electron chi connectivity index (χ2n) is 7.87. The van der Waals surface area contributed by atoms with Crippen LogP contribution in [0.15, 0.2) is 47.4 Å². The average molecular weight is 479 g/mol. The number of anilines is 2. The van der Waals surface area contributed by atoms with E-state index in [-0.39, 0.29) is 16.9 Å². The van der Waals surface area contributed by atoms with Crippen molar-refractivity contribution in [2.75, 3.05) is 49.0 Å². The summed E-state index contributed by atoms with van der Waals surface area (Å²) in [6, 6.07) is 11.1. The van der Waals surface area contributed by atoms with E-state index >= 15 is 0 Å². The van der Waals surface area contributed by atoms with Crippen LogP contribution in [-0.4, -0.2) is 59.8 Å². The largest absolute Gasteiger partial charge is 0.376 e. The molecule has 2 heterocycles. The molecule has 0 bridgehead atoms. The number of sulfonamides is 1. The molecular weight excluding hydrogens is 452 g/mol. The molecule has 8 nitrogen and oxygen atoms in total. The molecule has 2 saturated heterocycles. The number of piperazine rings is 1. The van der Waals surface area contributed by atoms with Gasteiger partial charge in [0.25, 0.3) is 15.9 Å². The summed E-state index contributed by atoms with van der Waals surface area (Å²) in [5.41, 5.74) is 1.49. The van der Waals surface area contributed by atoms with Gasteiger partial charge in [0.05, 0.1) is 22.4 Å². The van der Waals surface area contributed by atoms with Gasteiger partial charge in [0, 0.05) is 49.9 Å². The Hall–Kier alpha value is -2.33. The van der Waals surface area contributed by atoms with Crippen molar-refractivity contribution in [3.63, 3.8) is 0 Å². The van der Waals surface area contributed by atoms with Crippen LogP contribution in [0.3, 0.4) is 0 Å². The first-order chi connectivity index (χ1) is 15.4. The highest BCUT2D eigenvalue weighted by atomic mass is 35.5. The Labute approximate surface area is 193 Å². The summed E-state index contributed by atoms with van der Waals surface area (Å²) >= 11 is 5.90. The van der Waals surface area contributed by atoms with Gasteiger partial charge < -0.3 is 20.3 Å². The molecule has 0 saturated carbocycles. The van der Waals surface area contributed by atoms with Crippen LogP contribution in [0.2, 0.25) is 5.02 Å². The lowest BCUT2D eigenvalue weighted by molar-refractivity contribution is 0.0858. The minimum atomic E-state index is -3.86. The van der Waals surface area contributed by atoms with Gasteiger partial charge in [-0.1, -0.05) is 11.6 Å². The van der Waals surface area contributed by atoms with Crippen LogP contribution in [0, 0.1) is 0 Å². The van der Waals surface area contributed by atoms with Crippen LogP contribution in [-0.2, 0) is 14.8 Å². The Balaban J connectivity index is 1.59. The summed E-state index contributed by atoms with van der Waals surface area (Å²) in [6.07, 6.45) is 1.95. The van der Waals surface area contributed by atoms with Crippen LogP contribution >= 0.6 is 11.6 Å². The smallest absolute Gasteiger partial charge is 0.261 e. The third-order valence-corrected chi connectivity index (χ3v) is 7.23. The van der Waals surface area contributed by atoms with Crippen molar-refractivity contribution in [3.05, 3.63) is 53.1 Å². The Kier molecular flexibility index (Phi) is 7.20. The van der Waals surface area contributed by atoms with Crippen molar-refractivity contribution in [3.8, 4) is 0 Å². The minimum Gasteiger partial charge on any atom is -0.376 e. The van der Waals surface area contributed by atoms with E-state index in [1.54, 1.807) is 18.2 Å². The van der Waals surface area contributed by atoms with E-state index in [4.69, 9.17) is 16.3 Å². The van der Waals surface area contributed by atoms with E-state index in [1.165, 1.54) is 24.3 Å². The molecular formula is C22H27ClN4O4S. The number of amides is 1. The van der Waals surface area contributed by atoms with Gasteiger partial charge in [-0.15, -0.1) is 0 Å². The summed E-state index contributed by atoms with van der Waals surface area (Å²) in [7, 11) is -3.86. The Bertz CT molecular complexity index is 1050.